The normalized spacial score (nSPS) is 17.5. The molecule has 1 fully saturated rings. The van der Waals surface area contributed by atoms with E-state index in [1.54, 1.807) is 4.90 Å². The van der Waals surface area contributed by atoms with E-state index in [9.17, 15) is 9.59 Å². The van der Waals surface area contributed by atoms with Crippen molar-refractivity contribution in [1.82, 2.24) is 4.90 Å². The van der Waals surface area contributed by atoms with Crippen molar-refractivity contribution in [2.45, 2.75) is 77.9 Å². The fourth-order valence-electron chi connectivity index (χ4n) is 2.93. The molecule has 0 saturated heterocycles. The molecular formula is C17H31NO4. The Kier molecular flexibility index (Phi) is 8.46. The number of carboxylic acid groups (broad SMARTS) is 1. The van der Waals surface area contributed by atoms with Crippen LogP contribution < -0.4 is 0 Å². The first kappa shape index (κ1) is 18.9. The van der Waals surface area contributed by atoms with Crippen LogP contribution in [-0.4, -0.2) is 47.2 Å². The van der Waals surface area contributed by atoms with Crippen LogP contribution in [0.3, 0.4) is 0 Å². The number of hydrogen-bond acceptors (Lipinski definition) is 3. The molecule has 1 aliphatic rings. The fourth-order valence-corrected chi connectivity index (χ4v) is 2.93. The molecule has 1 atom stereocenters. The second-order valence-corrected chi connectivity index (χ2v) is 6.61. The van der Waals surface area contributed by atoms with Crippen LogP contribution in [0.1, 0.15) is 65.7 Å². The first-order chi connectivity index (χ1) is 10.4. The third-order valence-corrected chi connectivity index (χ3v) is 4.05. The summed E-state index contributed by atoms with van der Waals surface area (Å²) in [5, 5.41) is 8.87. The summed E-state index contributed by atoms with van der Waals surface area (Å²) in [6.07, 6.45) is 6.02. The molecule has 22 heavy (non-hydrogen) atoms. The van der Waals surface area contributed by atoms with Crippen molar-refractivity contribution < 1.29 is 19.4 Å². The average molecular weight is 313 g/mol. The molecule has 1 unspecified atom stereocenters. The number of carboxylic acids is 1. The molecule has 1 rings (SSSR count). The predicted molar refractivity (Wildman–Crippen MR) is 85.7 cm³/mol. The molecule has 0 aromatic carbocycles. The molecular weight excluding hydrogens is 282 g/mol. The highest BCUT2D eigenvalue weighted by molar-refractivity contribution is 5.81. The third kappa shape index (κ3) is 6.77. The number of ether oxygens (including phenoxy) is 1. The number of carbonyl (C=O) groups is 2. The maximum absolute atomic E-state index is 12.7. The Morgan fingerprint density at radius 2 is 1.86 bits per heavy atom. The summed E-state index contributed by atoms with van der Waals surface area (Å²) in [5.74, 6) is -0.615. The molecule has 1 aliphatic carbocycles. The van der Waals surface area contributed by atoms with Crippen LogP contribution in [0.15, 0.2) is 0 Å². The number of nitrogens with zero attached hydrogens (tertiary/aromatic N) is 1. The van der Waals surface area contributed by atoms with Gasteiger partial charge in [-0.25, -0.2) is 0 Å². The van der Waals surface area contributed by atoms with Crippen molar-refractivity contribution >= 4 is 11.9 Å². The predicted octanol–water partition coefficient (Wildman–Crippen LogP) is 3.07. The topological polar surface area (TPSA) is 66.8 Å². The van der Waals surface area contributed by atoms with E-state index >= 15 is 0 Å². The van der Waals surface area contributed by atoms with E-state index < -0.39 is 12.1 Å². The van der Waals surface area contributed by atoms with Gasteiger partial charge in [-0.3, -0.25) is 9.59 Å². The molecule has 0 spiro atoms. The first-order valence-corrected chi connectivity index (χ1v) is 8.60. The molecule has 0 radical (unpaired) electrons. The number of aliphatic carboxylic acids is 1. The summed E-state index contributed by atoms with van der Waals surface area (Å²) in [5.41, 5.74) is 0. The summed E-state index contributed by atoms with van der Waals surface area (Å²) in [4.78, 5) is 25.2. The highest BCUT2D eigenvalue weighted by Crippen LogP contribution is 2.23. The second kappa shape index (κ2) is 9.82. The quantitative estimate of drug-likeness (QED) is 0.710. The minimum Gasteiger partial charge on any atom is -0.481 e. The third-order valence-electron chi connectivity index (χ3n) is 4.05. The Morgan fingerprint density at radius 1 is 1.23 bits per heavy atom. The number of carbonyl (C=O) groups excluding carboxylic acids is 1. The Hall–Kier alpha value is -1.10. The molecule has 0 heterocycles. The molecule has 5 heteroatoms. The van der Waals surface area contributed by atoms with Gasteiger partial charge in [-0.05, 0) is 25.2 Å². The second-order valence-electron chi connectivity index (χ2n) is 6.61. The van der Waals surface area contributed by atoms with E-state index in [-0.39, 0.29) is 25.0 Å². The lowest BCUT2D eigenvalue weighted by Gasteiger charge is -2.31. The van der Waals surface area contributed by atoms with Crippen LogP contribution in [0.4, 0.5) is 0 Å². The van der Waals surface area contributed by atoms with Gasteiger partial charge in [0.2, 0.25) is 0 Å². The first-order valence-electron chi connectivity index (χ1n) is 8.60. The highest BCUT2D eigenvalue weighted by Gasteiger charge is 2.27. The molecule has 128 valence electrons. The molecule has 5 nitrogen and oxygen atoms in total. The summed E-state index contributed by atoms with van der Waals surface area (Å²) in [6.45, 7) is 6.86. The molecule has 1 saturated carbocycles. The monoisotopic (exact) mass is 313 g/mol. The average Bonchev–Trinajstić information content (AvgIpc) is 2.49. The zero-order valence-corrected chi connectivity index (χ0v) is 14.2. The van der Waals surface area contributed by atoms with Gasteiger partial charge < -0.3 is 14.7 Å². The van der Waals surface area contributed by atoms with Crippen LogP contribution >= 0.6 is 0 Å². The van der Waals surface area contributed by atoms with Gasteiger partial charge in [0.05, 0.1) is 12.5 Å². The Labute approximate surface area is 134 Å². The highest BCUT2D eigenvalue weighted by atomic mass is 16.5. The largest absolute Gasteiger partial charge is 0.481 e. The van der Waals surface area contributed by atoms with Gasteiger partial charge in [0, 0.05) is 13.1 Å². The Morgan fingerprint density at radius 3 is 2.36 bits per heavy atom. The van der Waals surface area contributed by atoms with Crippen molar-refractivity contribution in [1.29, 1.82) is 0 Å². The van der Waals surface area contributed by atoms with Gasteiger partial charge >= 0.3 is 5.97 Å². The maximum atomic E-state index is 12.7. The number of amides is 1. The van der Waals surface area contributed by atoms with Crippen LogP contribution in [0.5, 0.6) is 0 Å². The molecule has 0 bridgehead atoms. The summed E-state index contributed by atoms with van der Waals surface area (Å²) in [6, 6.07) is 0. The van der Waals surface area contributed by atoms with Gasteiger partial charge in [-0.15, -0.1) is 0 Å². The van der Waals surface area contributed by atoms with E-state index in [0.717, 1.165) is 12.8 Å². The van der Waals surface area contributed by atoms with Crippen LogP contribution in [0.25, 0.3) is 0 Å². The van der Waals surface area contributed by atoms with Crippen LogP contribution in [0.2, 0.25) is 0 Å². The smallest absolute Gasteiger partial charge is 0.305 e. The van der Waals surface area contributed by atoms with Gasteiger partial charge in [0.15, 0.2) is 0 Å². The molecule has 0 aliphatic heterocycles. The molecule has 0 aromatic rings. The van der Waals surface area contributed by atoms with Crippen molar-refractivity contribution in [2.75, 3.05) is 13.1 Å². The SMILES string of the molecule is CCC(OC1CCCCC1)C(=O)N(CCC(=O)O)CC(C)C. The van der Waals surface area contributed by atoms with E-state index in [4.69, 9.17) is 9.84 Å². The van der Waals surface area contributed by atoms with Crippen molar-refractivity contribution in [2.24, 2.45) is 5.92 Å². The van der Waals surface area contributed by atoms with Gasteiger partial charge in [-0.1, -0.05) is 40.0 Å². The minimum absolute atomic E-state index is 0.0156. The lowest BCUT2D eigenvalue weighted by molar-refractivity contribution is -0.150. The summed E-state index contributed by atoms with van der Waals surface area (Å²) in [7, 11) is 0. The zero-order chi connectivity index (χ0) is 16.5. The van der Waals surface area contributed by atoms with Gasteiger partial charge in [0.1, 0.15) is 6.10 Å². The van der Waals surface area contributed by atoms with Crippen LogP contribution in [-0.2, 0) is 14.3 Å². The standard InChI is InChI=1S/C17H31NO4/c1-4-15(22-14-8-6-5-7-9-14)17(21)18(12-13(2)3)11-10-16(19)20/h13-15H,4-12H2,1-3H3,(H,19,20). The van der Waals surface area contributed by atoms with E-state index in [2.05, 4.69) is 0 Å². The van der Waals surface area contributed by atoms with E-state index in [1.165, 1.54) is 19.3 Å². The van der Waals surface area contributed by atoms with Crippen LogP contribution in [0, 0.1) is 5.92 Å². The lowest BCUT2D eigenvalue weighted by atomic mass is 9.97. The lowest BCUT2D eigenvalue weighted by Crippen LogP contribution is -2.44. The molecule has 1 N–H and O–H groups in total. The number of rotatable bonds is 9. The Balaban J connectivity index is 2.63. The molecule has 0 aromatic heterocycles. The summed E-state index contributed by atoms with van der Waals surface area (Å²) < 4.78 is 6.03. The van der Waals surface area contributed by atoms with E-state index in [0.29, 0.717) is 18.9 Å². The van der Waals surface area contributed by atoms with Crippen molar-refractivity contribution in [3.8, 4) is 0 Å². The van der Waals surface area contributed by atoms with E-state index in [1.807, 2.05) is 20.8 Å². The fraction of sp³-hybridized carbons (Fsp3) is 0.882. The van der Waals surface area contributed by atoms with Crippen molar-refractivity contribution in [3.05, 3.63) is 0 Å². The number of hydrogen-bond donors (Lipinski definition) is 1. The van der Waals surface area contributed by atoms with Gasteiger partial charge in [-0.2, -0.15) is 0 Å². The zero-order valence-electron chi connectivity index (χ0n) is 14.2. The minimum atomic E-state index is -0.872. The molecule has 1 amide bonds. The maximum Gasteiger partial charge on any atom is 0.305 e. The Bertz CT molecular complexity index is 351. The van der Waals surface area contributed by atoms with Gasteiger partial charge in [0.25, 0.3) is 5.91 Å². The summed E-state index contributed by atoms with van der Waals surface area (Å²) >= 11 is 0. The van der Waals surface area contributed by atoms with Crippen molar-refractivity contribution in [3.63, 3.8) is 0 Å².